The first-order valence-corrected chi connectivity index (χ1v) is 7.90. The van der Waals surface area contributed by atoms with Gasteiger partial charge in [0.25, 0.3) is 0 Å². The second kappa shape index (κ2) is 7.24. The van der Waals surface area contributed by atoms with E-state index in [0.717, 1.165) is 43.4 Å². The summed E-state index contributed by atoms with van der Waals surface area (Å²) in [6.07, 6.45) is 2.14. The third kappa shape index (κ3) is 4.20. The summed E-state index contributed by atoms with van der Waals surface area (Å²) in [6, 6.07) is 6.30. The first-order valence-electron chi connectivity index (χ1n) is 7.02. The minimum absolute atomic E-state index is 0.809. The molecular weight excluding hydrogens is 268 g/mol. The highest BCUT2D eigenvalue weighted by Gasteiger charge is 2.07. The number of hydrogen-bond donors (Lipinski definition) is 1. The zero-order chi connectivity index (χ0) is 14.4. The Morgan fingerprint density at radius 3 is 2.90 bits per heavy atom. The van der Waals surface area contributed by atoms with E-state index >= 15 is 0 Å². The molecule has 0 aliphatic heterocycles. The Morgan fingerprint density at radius 1 is 1.35 bits per heavy atom. The molecule has 0 aliphatic rings. The van der Waals surface area contributed by atoms with Crippen LogP contribution in [0.15, 0.2) is 23.6 Å². The van der Waals surface area contributed by atoms with E-state index in [4.69, 9.17) is 0 Å². The molecule has 2 heterocycles. The highest BCUT2D eigenvalue weighted by molar-refractivity contribution is 7.09. The Hall–Kier alpha value is -1.62. The summed E-state index contributed by atoms with van der Waals surface area (Å²) < 4.78 is 0. The van der Waals surface area contributed by atoms with E-state index in [-0.39, 0.29) is 0 Å². The first kappa shape index (κ1) is 14.8. The highest BCUT2D eigenvalue weighted by Crippen LogP contribution is 2.16. The molecule has 0 radical (unpaired) electrons. The Labute approximate surface area is 124 Å². The van der Waals surface area contributed by atoms with Gasteiger partial charge in [0.05, 0.1) is 0 Å². The maximum atomic E-state index is 4.52. The molecule has 0 saturated heterocycles. The average Bonchev–Trinajstić information content (AvgIpc) is 2.95. The van der Waals surface area contributed by atoms with E-state index in [1.807, 2.05) is 13.0 Å². The van der Waals surface area contributed by atoms with Gasteiger partial charge in [0.2, 0.25) is 0 Å². The normalized spacial score (nSPS) is 10.6. The van der Waals surface area contributed by atoms with Crippen LogP contribution in [0.3, 0.4) is 0 Å². The van der Waals surface area contributed by atoms with Crippen molar-refractivity contribution in [3.05, 3.63) is 34.3 Å². The van der Waals surface area contributed by atoms with Gasteiger partial charge < -0.3 is 10.2 Å². The van der Waals surface area contributed by atoms with Gasteiger partial charge in [-0.15, -0.1) is 11.3 Å². The van der Waals surface area contributed by atoms with E-state index in [9.17, 15) is 0 Å². The monoisotopic (exact) mass is 290 g/mol. The fourth-order valence-electron chi connectivity index (χ4n) is 1.94. The Balaban J connectivity index is 2.00. The van der Waals surface area contributed by atoms with Gasteiger partial charge in [-0.2, -0.15) is 0 Å². The lowest BCUT2D eigenvalue weighted by Crippen LogP contribution is -2.22. The molecule has 0 fully saturated rings. The number of rotatable bonds is 7. The summed E-state index contributed by atoms with van der Waals surface area (Å²) >= 11 is 1.81. The van der Waals surface area contributed by atoms with Crippen molar-refractivity contribution in [2.45, 2.75) is 26.7 Å². The van der Waals surface area contributed by atoms with Gasteiger partial charge in [0.1, 0.15) is 17.5 Å². The standard InChI is InChI=1S/C15H22N4S/c1-4-8-16-14-11-15(18-12(2)17-14)19(3)9-7-13-6-5-10-20-13/h5-6,10-11H,4,7-9H2,1-3H3,(H,16,17,18). The van der Waals surface area contributed by atoms with Crippen molar-refractivity contribution in [3.63, 3.8) is 0 Å². The van der Waals surface area contributed by atoms with Crippen molar-refractivity contribution in [3.8, 4) is 0 Å². The van der Waals surface area contributed by atoms with E-state index in [1.165, 1.54) is 4.88 Å². The van der Waals surface area contributed by atoms with Gasteiger partial charge in [0, 0.05) is 31.1 Å². The van der Waals surface area contributed by atoms with Gasteiger partial charge >= 0.3 is 0 Å². The number of thiophene rings is 1. The molecule has 0 spiro atoms. The zero-order valence-electron chi connectivity index (χ0n) is 12.4. The first-order chi connectivity index (χ1) is 9.69. The summed E-state index contributed by atoms with van der Waals surface area (Å²) in [5, 5.41) is 5.45. The molecule has 4 nitrogen and oxygen atoms in total. The van der Waals surface area contributed by atoms with Crippen LogP contribution in [-0.4, -0.2) is 30.1 Å². The minimum atomic E-state index is 0.809. The third-order valence-electron chi connectivity index (χ3n) is 3.05. The molecule has 1 N–H and O–H groups in total. The summed E-state index contributed by atoms with van der Waals surface area (Å²) in [4.78, 5) is 12.5. The topological polar surface area (TPSA) is 41.0 Å². The largest absolute Gasteiger partial charge is 0.370 e. The van der Waals surface area contributed by atoms with E-state index in [0.29, 0.717) is 0 Å². The van der Waals surface area contributed by atoms with E-state index in [1.54, 1.807) is 11.3 Å². The number of anilines is 2. The van der Waals surface area contributed by atoms with Crippen molar-refractivity contribution in [2.24, 2.45) is 0 Å². The van der Waals surface area contributed by atoms with Gasteiger partial charge in [-0.25, -0.2) is 9.97 Å². The number of nitrogens with one attached hydrogen (secondary N) is 1. The van der Waals surface area contributed by atoms with Crippen LogP contribution in [0.1, 0.15) is 24.0 Å². The molecule has 0 unspecified atom stereocenters. The number of aromatic nitrogens is 2. The van der Waals surface area contributed by atoms with Crippen LogP contribution in [0.2, 0.25) is 0 Å². The Kier molecular flexibility index (Phi) is 5.35. The smallest absolute Gasteiger partial charge is 0.134 e. The van der Waals surface area contributed by atoms with Crippen molar-refractivity contribution >= 4 is 23.0 Å². The van der Waals surface area contributed by atoms with Crippen LogP contribution in [0.5, 0.6) is 0 Å². The van der Waals surface area contributed by atoms with Crippen LogP contribution < -0.4 is 10.2 Å². The Morgan fingerprint density at radius 2 is 2.20 bits per heavy atom. The fraction of sp³-hybridized carbons (Fsp3) is 0.467. The SMILES string of the molecule is CCCNc1cc(N(C)CCc2cccs2)nc(C)n1. The quantitative estimate of drug-likeness (QED) is 0.849. The van der Waals surface area contributed by atoms with Gasteiger partial charge in [0.15, 0.2) is 0 Å². The summed E-state index contributed by atoms with van der Waals surface area (Å²) in [7, 11) is 2.08. The number of likely N-dealkylation sites (N-methyl/N-ethyl adjacent to an activating group) is 1. The molecule has 5 heteroatoms. The molecular formula is C15H22N4S. The molecule has 0 aromatic carbocycles. The molecule has 108 valence electrons. The van der Waals surface area contributed by atoms with E-state index in [2.05, 4.69) is 51.7 Å². The zero-order valence-corrected chi connectivity index (χ0v) is 13.2. The van der Waals surface area contributed by atoms with Crippen LogP contribution in [0.4, 0.5) is 11.6 Å². The van der Waals surface area contributed by atoms with Crippen molar-refractivity contribution in [1.82, 2.24) is 9.97 Å². The summed E-state index contributed by atoms with van der Waals surface area (Å²) in [6.45, 7) is 5.99. The predicted octanol–water partition coefficient (Wildman–Crippen LogP) is 3.35. The maximum absolute atomic E-state index is 4.52. The van der Waals surface area contributed by atoms with Crippen LogP contribution >= 0.6 is 11.3 Å². The second-order valence-corrected chi connectivity index (χ2v) is 5.87. The lowest BCUT2D eigenvalue weighted by Gasteiger charge is -2.19. The summed E-state index contributed by atoms with van der Waals surface area (Å²) in [5.41, 5.74) is 0. The highest BCUT2D eigenvalue weighted by atomic mass is 32.1. The average molecular weight is 290 g/mol. The van der Waals surface area contributed by atoms with E-state index < -0.39 is 0 Å². The molecule has 0 aliphatic carbocycles. The number of aryl methyl sites for hydroxylation is 1. The molecule has 0 amide bonds. The molecule has 2 aromatic rings. The molecule has 0 saturated carbocycles. The van der Waals surface area contributed by atoms with Crippen molar-refractivity contribution in [2.75, 3.05) is 30.4 Å². The predicted molar refractivity (Wildman–Crippen MR) is 86.8 cm³/mol. The fourth-order valence-corrected chi connectivity index (χ4v) is 2.64. The third-order valence-corrected chi connectivity index (χ3v) is 3.98. The molecule has 2 aromatic heterocycles. The van der Waals surface area contributed by atoms with Gasteiger partial charge in [-0.1, -0.05) is 13.0 Å². The molecule has 0 bridgehead atoms. The van der Waals surface area contributed by atoms with Crippen LogP contribution in [-0.2, 0) is 6.42 Å². The molecule has 0 atom stereocenters. The van der Waals surface area contributed by atoms with Crippen LogP contribution in [0, 0.1) is 6.92 Å². The second-order valence-electron chi connectivity index (χ2n) is 4.84. The van der Waals surface area contributed by atoms with Crippen molar-refractivity contribution < 1.29 is 0 Å². The lowest BCUT2D eigenvalue weighted by atomic mass is 10.3. The van der Waals surface area contributed by atoms with Crippen LogP contribution in [0.25, 0.3) is 0 Å². The minimum Gasteiger partial charge on any atom is -0.370 e. The number of hydrogen-bond acceptors (Lipinski definition) is 5. The van der Waals surface area contributed by atoms with Gasteiger partial charge in [-0.3, -0.25) is 0 Å². The molecule has 20 heavy (non-hydrogen) atoms. The lowest BCUT2D eigenvalue weighted by molar-refractivity contribution is 0.855. The van der Waals surface area contributed by atoms with Gasteiger partial charge in [-0.05, 0) is 31.2 Å². The Bertz CT molecular complexity index is 525. The maximum Gasteiger partial charge on any atom is 0.134 e. The van der Waals surface area contributed by atoms with Crippen molar-refractivity contribution in [1.29, 1.82) is 0 Å². The molecule has 2 rings (SSSR count). The summed E-state index contributed by atoms with van der Waals surface area (Å²) in [5.74, 6) is 2.70. The number of nitrogens with zero attached hydrogens (tertiary/aromatic N) is 3.